The second kappa shape index (κ2) is 27.6. The topological polar surface area (TPSA) is 279 Å². The Morgan fingerprint density at radius 1 is 0.913 bits per heavy atom. The standard InChI is InChI=1S/C45H62Cl2IN4O16S/c1-24-29(42(59)51-36-38(57)37(56)31(20-53)68-43(36)62-4)19-30(46)39(34(24)47)67-21-25-6-5-7-26(16-25)41(58)50-9-11-64-13-15-66-23-33(55)49-8-10-63-12-14-65-22-28(54)17-27-18-32-45(2,3)40(48-69-32)35(27)52-44(60)61/h5-7,16,19,27,31-32,35-38,40,43,52-53,56-57H,8-15,17-18,20-23H2,1-4H3,(H,49,55)(H,50,58)(H,51,59)(H,60,61)/q-1/t27?,31-,32?,35?,36-,37-,38-,40?,43+/m1/s1/i32T. The van der Waals surface area contributed by atoms with E-state index in [-0.39, 0.29) is 139 Å². The number of carboxylic acid groups (broad SMARTS) is 1. The Balaban J connectivity index is 0.895. The van der Waals surface area contributed by atoms with Gasteiger partial charge in [0, 0.05) is 24.8 Å². The Morgan fingerprint density at radius 2 is 1.59 bits per heavy atom. The van der Waals surface area contributed by atoms with Crippen molar-refractivity contribution in [2.75, 3.05) is 79.7 Å². The Labute approximate surface area is 424 Å². The van der Waals surface area contributed by atoms with E-state index < -0.39 is 74.3 Å². The molecule has 9 atom stereocenters. The van der Waals surface area contributed by atoms with Crippen LogP contribution >= 0.6 is 32.1 Å². The van der Waals surface area contributed by atoms with E-state index in [4.69, 9.17) is 57.7 Å². The zero-order valence-corrected chi connectivity index (χ0v) is 43.1. The monoisotopic (exact) mass is 1150 g/mol. The molecule has 20 nitrogen and oxygen atoms in total. The number of carbonyl (C=O) groups excluding carboxylic acids is 4. The van der Waals surface area contributed by atoms with E-state index >= 15 is 0 Å². The molecule has 5 rings (SSSR count). The van der Waals surface area contributed by atoms with Crippen LogP contribution in [0.1, 0.15) is 59.9 Å². The number of aliphatic hydroxyl groups is 3. The molecule has 1 saturated carbocycles. The van der Waals surface area contributed by atoms with E-state index in [1.165, 1.54) is 13.2 Å². The summed E-state index contributed by atoms with van der Waals surface area (Å²) in [7, 11) is 2.93. The molecule has 0 radical (unpaired) electrons. The van der Waals surface area contributed by atoms with E-state index in [2.05, 4.69) is 21.3 Å². The van der Waals surface area contributed by atoms with Crippen LogP contribution in [0.25, 0.3) is 0 Å². The third-order valence-electron chi connectivity index (χ3n) is 11.7. The molecule has 386 valence electrons. The van der Waals surface area contributed by atoms with Crippen LogP contribution in [0.4, 0.5) is 4.79 Å². The molecule has 1 aliphatic carbocycles. The van der Waals surface area contributed by atoms with Crippen molar-refractivity contribution >= 4 is 61.7 Å². The van der Waals surface area contributed by atoms with E-state index in [0.717, 1.165) is 0 Å². The van der Waals surface area contributed by atoms with Crippen molar-refractivity contribution in [2.24, 2.45) is 11.3 Å². The number of halogens is 3. The summed E-state index contributed by atoms with van der Waals surface area (Å²) >= 11 is 12.7. The average Bonchev–Trinajstić information content (AvgIpc) is 3.45. The van der Waals surface area contributed by atoms with Gasteiger partial charge in [-0.3, -0.25) is 14.4 Å². The van der Waals surface area contributed by atoms with E-state index in [1.807, 2.05) is 13.8 Å². The third kappa shape index (κ3) is 15.9. The summed E-state index contributed by atoms with van der Waals surface area (Å²) in [6.45, 7) is 6.26. The Hall–Kier alpha value is -3.11. The van der Waals surface area contributed by atoms with Gasteiger partial charge in [-0.25, -0.2) is 0 Å². The maximum absolute atomic E-state index is 13.3. The van der Waals surface area contributed by atoms with E-state index in [1.54, 1.807) is 40.1 Å². The van der Waals surface area contributed by atoms with Crippen molar-refractivity contribution < 1.29 is 98.7 Å². The molecule has 2 aromatic carbocycles. The van der Waals surface area contributed by atoms with Crippen molar-refractivity contribution in [3.8, 4) is 5.75 Å². The number of amides is 4. The second-order valence-electron chi connectivity index (χ2n) is 16.9. The predicted molar refractivity (Wildman–Crippen MR) is 248 cm³/mol. The van der Waals surface area contributed by atoms with Crippen LogP contribution < -0.4 is 45.8 Å². The van der Waals surface area contributed by atoms with Gasteiger partial charge in [0.15, 0.2) is 12.0 Å². The zero-order chi connectivity index (χ0) is 51.2. The normalized spacial score (nSPS) is 26.2. The van der Waals surface area contributed by atoms with Crippen LogP contribution in [0.3, 0.4) is 0 Å². The summed E-state index contributed by atoms with van der Waals surface area (Å²) in [5.41, 5.74) is 1.02. The molecule has 69 heavy (non-hydrogen) atoms. The summed E-state index contributed by atoms with van der Waals surface area (Å²) in [4.78, 5) is 62.6. The van der Waals surface area contributed by atoms with Crippen LogP contribution in [-0.4, -0.2) is 176 Å². The Kier molecular flexibility index (Phi) is 22.1. The molecule has 0 spiro atoms. The Bertz CT molecular complexity index is 2140. The number of Topliss-reactive ketones (excluding diaryl/α,β-unsaturated/α-hetero) is 1. The summed E-state index contributed by atoms with van der Waals surface area (Å²) < 4.78 is 47.5. The van der Waals surface area contributed by atoms with E-state index in [0.29, 0.717) is 23.1 Å². The molecule has 2 aromatic rings. The number of carbonyl (C=O) groups is 5. The number of aliphatic hydroxyl groups excluding tert-OH is 3. The number of methoxy groups -OCH3 is 1. The fraction of sp³-hybridized carbons (Fsp3) is 0.622. The maximum atomic E-state index is 13.3. The van der Waals surface area contributed by atoms with Gasteiger partial charge < -0.3 is 55.0 Å². The van der Waals surface area contributed by atoms with Gasteiger partial charge in [0.2, 0.25) is 5.91 Å². The number of hydrogen-bond acceptors (Lipinski definition) is 16. The first kappa shape index (κ1) is 55.2. The van der Waals surface area contributed by atoms with Crippen molar-refractivity contribution in [1.82, 2.24) is 21.3 Å². The second-order valence-corrected chi connectivity index (χ2v) is 22.7. The molecule has 3 aliphatic rings. The van der Waals surface area contributed by atoms with Gasteiger partial charge in [0.05, 0.1) is 36.5 Å². The van der Waals surface area contributed by atoms with E-state index in [9.17, 15) is 44.4 Å². The van der Waals surface area contributed by atoms with Crippen molar-refractivity contribution in [3.63, 3.8) is 0 Å². The molecule has 3 fully saturated rings. The van der Waals surface area contributed by atoms with Gasteiger partial charge in [0.25, 0.3) is 11.8 Å². The molecule has 2 bridgehead atoms. The number of alkyl halides is 1. The van der Waals surface area contributed by atoms with Crippen LogP contribution in [0, 0.1) is 18.3 Å². The van der Waals surface area contributed by atoms with Crippen LogP contribution in [0.2, 0.25) is 10.0 Å². The molecule has 2 aliphatic heterocycles. The molecule has 4 amide bonds. The quantitative estimate of drug-likeness (QED) is 0.0306. The number of benzene rings is 2. The molecular weight excluding hydrogens is 1080 g/mol. The van der Waals surface area contributed by atoms with Gasteiger partial charge in [-0.05, 0) is 36.2 Å². The number of rotatable bonds is 27. The Morgan fingerprint density at radius 3 is 2.28 bits per heavy atom. The predicted octanol–water partition coefficient (Wildman–Crippen LogP) is -0.893. The summed E-state index contributed by atoms with van der Waals surface area (Å²) in [6, 6.07) is 6.49. The van der Waals surface area contributed by atoms with Gasteiger partial charge in [-0.1, -0.05) is 35.3 Å². The SMILES string of the molecule is [3H]C12CC(CC(=O)COCCOCCNC(=O)COCCOCCNC(=O)c3cccc(COc4c(Cl)cc(C(=O)N[C@H]5[C@@H](OC)O[C@H](CO)[C@@H](O)[C@@H]5O)c(C)c4Cl)c3)C(NC(=O)O)C([I-]S1)C2(C)C. The van der Waals surface area contributed by atoms with Crippen molar-refractivity contribution in [1.29, 1.82) is 0 Å². The number of ether oxygens (including phenoxy) is 7. The minimum atomic E-state index is -1.52. The molecular formula is C45H62Cl2IN4O16S-. The van der Waals surface area contributed by atoms with Gasteiger partial charge >= 0.3 is 158 Å². The number of nitrogens with one attached hydrogen (secondary N) is 4. The fourth-order valence-electron chi connectivity index (χ4n) is 7.88. The first-order valence-corrected chi connectivity index (χ1v) is 27.5. The first-order valence-electron chi connectivity index (χ1n) is 22.7. The fourth-order valence-corrected chi connectivity index (χ4v) is 17.8. The molecule has 2 heterocycles. The first-order chi connectivity index (χ1) is 33.3. The summed E-state index contributed by atoms with van der Waals surface area (Å²) in [5, 5.41) is 49.8. The summed E-state index contributed by atoms with van der Waals surface area (Å²) in [5.74, 6) is -1.69. The number of hydrogen-bond donors (Lipinski definition) is 8. The molecule has 8 N–H and O–H groups in total. The van der Waals surface area contributed by atoms with Gasteiger partial charge in [-0.2, -0.15) is 0 Å². The van der Waals surface area contributed by atoms with Gasteiger partial charge in [-0.15, -0.1) is 0 Å². The molecule has 24 heteroatoms. The average molecular weight is 1150 g/mol. The van der Waals surface area contributed by atoms with Crippen LogP contribution in [-0.2, 0) is 44.6 Å². The van der Waals surface area contributed by atoms with Crippen molar-refractivity contribution in [3.05, 3.63) is 62.6 Å². The molecule has 4 unspecified atom stereocenters. The zero-order valence-electron chi connectivity index (χ0n) is 39.6. The van der Waals surface area contributed by atoms with Crippen LogP contribution in [0.15, 0.2) is 30.3 Å². The van der Waals surface area contributed by atoms with Gasteiger partial charge in [0.1, 0.15) is 37.6 Å². The summed E-state index contributed by atoms with van der Waals surface area (Å²) in [6.07, 6.45) is -5.82. The van der Waals surface area contributed by atoms with Crippen LogP contribution in [0.5, 0.6) is 5.75 Å². The molecule has 2 saturated heterocycles. The minimum absolute atomic E-state index is 0.0162. The molecule has 0 aromatic heterocycles. The number of fused-ring (bicyclic) bond motifs is 2. The van der Waals surface area contributed by atoms with Crippen molar-refractivity contribution in [2.45, 2.75) is 86.1 Å². The third-order valence-corrected chi connectivity index (χ3v) is 19.9. The number of ketones is 1.